The van der Waals surface area contributed by atoms with E-state index in [9.17, 15) is 5.11 Å². The van der Waals surface area contributed by atoms with Crippen LogP contribution in [0.3, 0.4) is 0 Å². The van der Waals surface area contributed by atoms with Crippen molar-refractivity contribution < 1.29 is 5.11 Å². The fraction of sp³-hybridized carbons (Fsp3) is 0.714. The lowest BCUT2D eigenvalue weighted by molar-refractivity contribution is 0.0336. The molecule has 4 rings (SSSR count). The van der Waals surface area contributed by atoms with Crippen LogP contribution in [0.2, 0.25) is 0 Å². The van der Waals surface area contributed by atoms with Gasteiger partial charge in [0, 0.05) is 12.6 Å². The number of hydrogen-bond donors (Lipinski definition) is 1. The number of piperidine rings is 1. The number of hydrogen-bond acceptors (Lipinski definition) is 2. The molecule has 1 saturated heterocycles. The molecule has 0 amide bonds. The van der Waals surface area contributed by atoms with Crippen molar-refractivity contribution in [3.8, 4) is 5.75 Å². The molecule has 0 unspecified atom stereocenters. The van der Waals surface area contributed by atoms with Crippen LogP contribution in [0, 0.1) is 11.8 Å². The van der Waals surface area contributed by atoms with Gasteiger partial charge in [0.1, 0.15) is 5.75 Å². The number of benzene rings is 1. The van der Waals surface area contributed by atoms with Crippen LogP contribution in [0.1, 0.15) is 63.5 Å². The van der Waals surface area contributed by atoms with Gasteiger partial charge in [-0.05, 0) is 79.2 Å². The predicted molar refractivity (Wildman–Crippen MR) is 94.9 cm³/mol. The minimum atomic E-state index is 0.172. The second-order valence-electron chi connectivity index (χ2n) is 8.73. The van der Waals surface area contributed by atoms with Crippen LogP contribution in [0.15, 0.2) is 18.2 Å². The molecule has 3 aliphatic rings. The van der Waals surface area contributed by atoms with Crippen LogP contribution >= 0.6 is 0 Å². The SMILES string of the molecule is CC1(C)c2cc(O)ccc2C[C@@H]2[C@H]1CCCN2CC1CCCC1. The number of aromatic hydroxyl groups is 1. The van der Waals surface area contributed by atoms with Crippen molar-refractivity contribution >= 4 is 0 Å². The number of phenolic OH excluding ortho intramolecular Hbond substituents is 1. The van der Waals surface area contributed by atoms with Gasteiger partial charge < -0.3 is 5.11 Å². The Hall–Kier alpha value is -1.02. The zero-order valence-corrected chi connectivity index (χ0v) is 14.7. The van der Waals surface area contributed by atoms with Gasteiger partial charge in [0.05, 0.1) is 0 Å². The van der Waals surface area contributed by atoms with Gasteiger partial charge in [-0.25, -0.2) is 0 Å². The molecule has 2 heteroatoms. The number of likely N-dealkylation sites (tertiary alicyclic amines) is 1. The molecule has 1 aromatic carbocycles. The summed E-state index contributed by atoms with van der Waals surface area (Å²) in [7, 11) is 0. The Morgan fingerprint density at radius 3 is 2.70 bits per heavy atom. The second-order valence-corrected chi connectivity index (χ2v) is 8.73. The van der Waals surface area contributed by atoms with Gasteiger partial charge in [-0.3, -0.25) is 4.90 Å². The first-order chi connectivity index (χ1) is 11.1. The molecule has 126 valence electrons. The zero-order chi connectivity index (χ0) is 16.0. The average molecular weight is 313 g/mol. The topological polar surface area (TPSA) is 23.5 Å². The summed E-state index contributed by atoms with van der Waals surface area (Å²) in [5.41, 5.74) is 3.03. The van der Waals surface area contributed by atoms with E-state index >= 15 is 0 Å². The molecule has 2 aliphatic carbocycles. The summed E-state index contributed by atoms with van der Waals surface area (Å²) in [6.07, 6.45) is 9.64. The predicted octanol–water partition coefficient (Wildman–Crippen LogP) is 4.50. The van der Waals surface area contributed by atoms with E-state index in [0.717, 1.165) is 11.8 Å². The summed E-state index contributed by atoms with van der Waals surface area (Å²) in [5.74, 6) is 2.10. The van der Waals surface area contributed by atoms with Crippen LogP contribution in [-0.2, 0) is 11.8 Å². The number of rotatable bonds is 2. The monoisotopic (exact) mass is 313 g/mol. The highest BCUT2D eigenvalue weighted by Crippen LogP contribution is 2.48. The van der Waals surface area contributed by atoms with E-state index in [1.807, 2.05) is 12.1 Å². The Labute approximate surface area is 140 Å². The number of phenols is 1. The number of nitrogens with zero attached hydrogens (tertiary/aromatic N) is 1. The lowest BCUT2D eigenvalue weighted by Crippen LogP contribution is -2.56. The summed E-state index contributed by atoms with van der Waals surface area (Å²) >= 11 is 0. The first-order valence-electron chi connectivity index (χ1n) is 9.62. The third kappa shape index (κ3) is 2.69. The van der Waals surface area contributed by atoms with Crippen molar-refractivity contribution in [3.05, 3.63) is 29.3 Å². The lowest BCUT2D eigenvalue weighted by atomic mass is 9.60. The summed E-state index contributed by atoms with van der Waals surface area (Å²) < 4.78 is 0. The molecule has 1 saturated carbocycles. The molecule has 0 aromatic heterocycles. The molecule has 2 atom stereocenters. The molecular weight excluding hydrogens is 282 g/mol. The van der Waals surface area contributed by atoms with E-state index in [1.54, 1.807) is 0 Å². The summed E-state index contributed by atoms with van der Waals surface area (Å²) in [6, 6.07) is 6.78. The second kappa shape index (κ2) is 5.81. The van der Waals surface area contributed by atoms with Crippen molar-refractivity contribution in [1.82, 2.24) is 4.90 Å². The standard InChI is InChI=1S/C21H31NO/c1-21(2)18-8-5-11-22(14-15-6-3-4-7-15)20(18)12-16-9-10-17(23)13-19(16)21/h9-10,13,15,18,20,23H,3-8,11-12,14H2,1-2H3/t18-,20-/m1/s1. The van der Waals surface area contributed by atoms with Crippen LogP contribution in [0.5, 0.6) is 5.75 Å². The quantitative estimate of drug-likeness (QED) is 0.869. The Morgan fingerprint density at radius 1 is 1.13 bits per heavy atom. The Morgan fingerprint density at radius 2 is 1.91 bits per heavy atom. The molecule has 0 spiro atoms. The van der Waals surface area contributed by atoms with E-state index in [1.165, 1.54) is 69.2 Å². The molecule has 2 nitrogen and oxygen atoms in total. The Balaban J connectivity index is 1.63. The third-order valence-electron chi connectivity index (χ3n) is 7.01. The molecule has 2 fully saturated rings. The molecule has 23 heavy (non-hydrogen) atoms. The van der Waals surface area contributed by atoms with Crippen LogP contribution in [0.25, 0.3) is 0 Å². The van der Waals surface area contributed by atoms with Gasteiger partial charge in [-0.2, -0.15) is 0 Å². The normalized spacial score (nSPS) is 30.9. The molecule has 0 radical (unpaired) electrons. The zero-order valence-electron chi connectivity index (χ0n) is 14.7. The van der Waals surface area contributed by atoms with Crippen LogP contribution in [0.4, 0.5) is 0 Å². The third-order valence-corrected chi connectivity index (χ3v) is 7.01. The van der Waals surface area contributed by atoms with Crippen molar-refractivity contribution in [2.45, 2.75) is 70.3 Å². The molecule has 0 bridgehead atoms. The molecule has 1 heterocycles. The molecule has 1 aliphatic heterocycles. The largest absolute Gasteiger partial charge is 0.508 e. The minimum absolute atomic E-state index is 0.172. The van der Waals surface area contributed by atoms with Gasteiger partial charge in [0.25, 0.3) is 0 Å². The maximum absolute atomic E-state index is 9.95. The van der Waals surface area contributed by atoms with Crippen molar-refractivity contribution in [1.29, 1.82) is 0 Å². The summed E-state index contributed by atoms with van der Waals surface area (Å²) in [6.45, 7) is 7.42. The van der Waals surface area contributed by atoms with E-state index in [4.69, 9.17) is 0 Å². The van der Waals surface area contributed by atoms with Gasteiger partial charge in [0.2, 0.25) is 0 Å². The fourth-order valence-electron chi connectivity index (χ4n) is 5.76. The molecule has 1 N–H and O–H groups in total. The molecular formula is C21H31NO. The highest BCUT2D eigenvalue weighted by Gasteiger charge is 2.46. The maximum atomic E-state index is 9.95. The number of fused-ring (bicyclic) bond motifs is 2. The van der Waals surface area contributed by atoms with E-state index in [0.29, 0.717) is 11.8 Å². The van der Waals surface area contributed by atoms with Crippen molar-refractivity contribution in [2.24, 2.45) is 11.8 Å². The average Bonchev–Trinajstić information content (AvgIpc) is 3.02. The van der Waals surface area contributed by atoms with E-state index < -0.39 is 0 Å². The summed E-state index contributed by atoms with van der Waals surface area (Å²) in [4.78, 5) is 2.84. The van der Waals surface area contributed by atoms with Crippen LogP contribution < -0.4 is 0 Å². The van der Waals surface area contributed by atoms with Crippen LogP contribution in [-0.4, -0.2) is 29.1 Å². The first kappa shape index (κ1) is 15.5. The highest BCUT2D eigenvalue weighted by atomic mass is 16.3. The minimum Gasteiger partial charge on any atom is -0.508 e. The highest BCUT2D eigenvalue weighted by molar-refractivity contribution is 5.43. The van der Waals surface area contributed by atoms with E-state index in [-0.39, 0.29) is 5.41 Å². The smallest absolute Gasteiger partial charge is 0.115 e. The van der Waals surface area contributed by atoms with Crippen molar-refractivity contribution in [3.63, 3.8) is 0 Å². The first-order valence-corrected chi connectivity index (χ1v) is 9.62. The molecule has 1 aromatic rings. The van der Waals surface area contributed by atoms with Gasteiger partial charge in [-0.1, -0.05) is 32.8 Å². The van der Waals surface area contributed by atoms with Gasteiger partial charge >= 0.3 is 0 Å². The van der Waals surface area contributed by atoms with Gasteiger partial charge in [0.15, 0.2) is 0 Å². The Bertz CT molecular complexity index is 573. The maximum Gasteiger partial charge on any atom is 0.115 e. The van der Waals surface area contributed by atoms with Crippen molar-refractivity contribution in [2.75, 3.05) is 13.1 Å². The lowest BCUT2D eigenvalue weighted by Gasteiger charge is -2.52. The van der Waals surface area contributed by atoms with E-state index in [2.05, 4.69) is 24.8 Å². The fourth-order valence-corrected chi connectivity index (χ4v) is 5.76. The van der Waals surface area contributed by atoms with Gasteiger partial charge in [-0.15, -0.1) is 0 Å². The Kier molecular flexibility index (Phi) is 3.91. The summed E-state index contributed by atoms with van der Waals surface area (Å²) in [5, 5.41) is 9.95.